The van der Waals surface area contributed by atoms with Crippen LogP contribution in [0.4, 0.5) is 10.1 Å². The summed E-state index contributed by atoms with van der Waals surface area (Å²) in [7, 11) is 0. The van der Waals surface area contributed by atoms with Crippen LogP contribution in [0.1, 0.15) is 24.2 Å². The molecule has 0 spiro atoms. The number of non-ortho nitro benzene ring substituents is 1. The molecule has 0 fully saturated rings. The Morgan fingerprint density at radius 2 is 2.10 bits per heavy atom. The van der Waals surface area contributed by atoms with Crippen LogP contribution >= 0.6 is 0 Å². The fraction of sp³-hybridized carbons (Fsp3) is 0.417. The van der Waals surface area contributed by atoms with Gasteiger partial charge in [0.25, 0.3) is 5.69 Å². The molecule has 9 heteroatoms. The summed E-state index contributed by atoms with van der Waals surface area (Å²) in [5, 5.41) is 13.7. The van der Waals surface area contributed by atoms with Gasteiger partial charge in [-0.05, 0) is 31.5 Å². The summed E-state index contributed by atoms with van der Waals surface area (Å²) >= 11 is 0. The van der Waals surface area contributed by atoms with E-state index in [-0.39, 0.29) is 11.3 Å². The number of ether oxygens (including phenoxy) is 1. The summed E-state index contributed by atoms with van der Waals surface area (Å²) in [4.78, 5) is 24.1. The molecule has 0 radical (unpaired) electrons. The van der Waals surface area contributed by atoms with Crippen molar-refractivity contribution in [2.24, 2.45) is 5.11 Å². The molecule has 0 aliphatic heterocycles. The molecule has 1 atom stereocenters. The molecule has 21 heavy (non-hydrogen) atoms. The highest BCUT2D eigenvalue weighted by atomic mass is 19.1. The Hall–Kier alpha value is -2.67. The van der Waals surface area contributed by atoms with Crippen LogP contribution in [0.2, 0.25) is 0 Å². The van der Waals surface area contributed by atoms with Crippen LogP contribution in [-0.2, 0) is 4.74 Å². The molecule has 0 aromatic heterocycles. The van der Waals surface area contributed by atoms with Crippen molar-refractivity contribution in [2.75, 3.05) is 6.61 Å². The first-order valence-corrected chi connectivity index (χ1v) is 5.90. The third-order valence-electron chi connectivity index (χ3n) is 2.67. The van der Waals surface area contributed by atoms with Gasteiger partial charge in [0.2, 0.25) is 0 Å². The largest absolute Gasteiger partial charge is 0.462 e. The second-order valence-electron chi connectivity index (χ2n) is 4.69. The van der Waals surface area contributed by atoms with Crippen molar-refractivity contribution < 1.29 is 18.8 Å². The van der Waals surface area contributed by atoms with Gasteiger partial charge in [-0.25, -0.2) is 9.18 Å². The van der Waals surface area contributed by atoms with E-state index in [2.05, 4.69) is 10.0 Å². The number of nitro benzene ring substituents is 1. The Morgan fingerprint density at radius 3 is 2.52 bits per heavy atom. The molecule has 8 nitrogen and oxygen atoms in total. The van der Waals surface area contributed by atoms with Crippen LogP contribution in [-0.4, -0.2) is 29.2 Å². The average molecular weight is 296 g/mol. The zero-order valence-corrected chi connectivity index (χ0v) is 11.4. The third-order valence-corrected chi connectivity index (χ3v) is 2.67. The van der Waals surface area contributed by atoms with Crippen molar-refractivity contribution >= 4 is 11.7 Å². The van der Waals surface area contributed by atoms with Gasteiger partial charge in [-0.2, -0.15) is 0 Å². The molecule has 0 saturated carbocycles. The van der Waals surface area contributed by atoms with E-state index in [4.69, 9.17) is 10.3 Å². The second kappa shape index (κ2) is 6.67. The molecule has 0 aliphatic rings. The highest BCUT2D eigenvalue weighted by molar-refractivity contribution is 5.89. The molecule has 0 heterocycles. The van der Waals surface area contributed by atoms with Crippen LogP contribution in [0, 0.1) is 10.1 Å². The fourth-order valence-corrected chi connectivity index (χ4v) is 1.39. The summed E-state index contributed by atoms with van der Waals surface area (Å²) in [6.45, 7) is 1.97. The van der Waals surface area contributed by atoms with Crippen LogP contribution in [0.5, 0.6) is 0 Å². The standard InChI is InChI=1S/C12H13FN4O4/c1-12(2,13)10(15-16-14)7-21-11(18)8-3-5-9(6-4-8)17(19)20/h3-6,10H,7H2,1-2H3. The van der Waals surface area contributed by atoms with E-state index in [9.17, 15) is 19.3 Å². The number of nitro groups is 1. The molecule has 0 saturated heterocycles. The molecule has 0 aliphatic carbocycles. The van der Waals surface area contributed by atoms with E-state index in [0.29, 0.717) is 0 Å². The first-order chi connectivity index (χ1) is 9.75. The summed E-state index contributed by atoms with van der Waals surface area (Å²) in [6.07, 6.45) is 0. The number of esters is 1. The van der Waals surface area contributed by atoms with Crippen LogP contribution in [0.15, 0.2) is 29.4 Å². The van der Waals surface area contributed by atoms with Gasteiger partial charge < -0.3 is 4.74 Å². The van der Waals surface area contributed by atoms with Crippen molar-refractivity contribution in [1.29, 1.82) is 0 Å². The third kappa shape index (κ3) is 4.73. The highest BCUT2D eigenvalue weighted by Gasteiger charge is 2.29. The van der Waals surface area contributed by atoms with E-state index in [1.54, 1.807) is 0 Å². The number of hydrogen-bond acceptors (Lipinski definition) is 5. The van der Waals surface area contributed by atoms with Crippen molar-refractivity contribution in [2.45, 2.75) is 25.6 Å². The SMILES string of the molecule is CC(C)(F)C(COC(=O)c1ccc([N+](=O)[O-])cc1)N=[N+]=[N-]. The van der Waals surface area contributed by atoms with E-state index in [1.807, 2.05) is 0 Å². The van der Waals surface area contributed by atoms with Crippen LogP contribution in [0.25, 0.3) is 10.4 Å². The van der Waals surface area contributed by atoms with Crippen molar-refractivity contribution in [3.8, 4) is 0 Å². The molecule has 0 bridgehead atoms. The number of carbonyl (C=O) groups is 1. The van der Waals surface area contributed by atoms with E-state index < -0.39 is 29.2 Å². The van der Waals surface area contributed by atoms with Gasteiger partial charge in [0.1, 0.15) is 18.3 Å². The predicted octanol–water partition coefficient (Wildman–Crippen LogP) is 3.18. The van der Waals surface area contributed by atoms with Crippen molar-refractivity contribution in [1.82, 2.24) is 0 Å². The molecular formula is C12H13FN4O4. The summed E-state index contributed by atoms with van der Waals surface area (Å²) < 4.78 is 18.6. The van der Waals surface area contributed by atoms with E-state index in [1.165, 1.54) is 26.0 Å². The second-order valence-corrected chi connectivity index (χ2v) is 4.69. The first-order valence-electron chi connectivity index (χ1n) is 5.90. The van der Waals surface area contributed by atoms with Gasteiger partial charge in [0.05, 0.1) is 10.5 Å². The zero-order valence-electron chi connectivity index (χ0n) is 11.4. The minimum Gasteiger partial charge on any atom is -0.462 e. The fourth-order valence-electron chi connectivity index (χ4n) is 1.39. The van der Waals surface area contributed by atoms with Gasteiger partial charge in [-0.15, -0.1) is 0 Å². The first kappa shape index (κ1) is 16.4. The number of azide groups is 1. The maximum atomic E-state index is 13.7. The van der Waals surface area contributed by atoms with E-state index >= 15 is 0 Å². The van der Waals surface area contributed by atoms with Gasteiger partial charge >= 0.3 is 5.97 Å². The lowest BCUT2D eigenvalue weighted by Crippen LogP contribution is -2.34. The lowest BCUT2D eigenvalue weighted by molar-refractivity contribution is -0.384. The Morgan fingerprint density at radius 1 is 1.52 bits per heavy atom. The number of halogens is 1. The molecule has 1 aromatic rings. The van der Waals surface area contributed by atoms with Crippen LogP contribution < -0.4 is 0 Å². The van der Waals surface area contributed by atoms with Crippen molar-refractivity contribution in [3.05, 3.63) is 50.4 Å². The minimum atomic E-state index is -1.85. The number of alkyl halides is 1. The topological polar surface area (TPSA) is 118 Å². The number of nitrogens with zero attached hydrogens (tertiary/aromatic N) is 4. The van der Waals surface area contributed by atoms with Crippen LogP contribution in [0.3, 0.4) is 0 Å². The molecule has 1 unspecified atom stereocenters. The zero-order chi connectivity index (χ0) is 16.0. The predicted molar refractivity (Wildman–Crippen MR) is 71.5 cm³/mol. The Kier molecular flexibility index (Phi) is 5.20. The summed E-state index contributed by atoms with van der Waals surface area (Å²) in [5.74, 6) is -0.785. The summed E-state index contributed by atoms with van der Waals surface area (Å²) in [6, 6.07) is 3.60. The molecular weight excluding hydrogens is 283 g/mol. The van der Waals surface area contributed by atoms with Gasteiger partial charge in [-0.1, -0.05) is 5.11 Å². The average Bonchev–Trinajstić information content (AvgIpc) is 2.42. The summed E-state index contributed by atoms with van der Waals surface area (Å²) in [5.41, 5.74) is 6.42. The lowest BCUT2D eigenvalue weighted by atomic mass is 10.0. The minimum absolute atomic E-state index is 0.0805. The number of benzene rings is 1. The molecule has 0 N–H and O–H groups in total. The Labute approximate surface area is 119 Å². The monoisotopic (exact) mass is 296 g/mol. The molecule has 1 rings (SSSR count). The number of hydrogen-bond donors (Lipinski definition) is 0. The molecule has 112 valence electrons. The maximum Gasteiger partial charge on any atom is 0.338 e. The highest BCUT2D eigenvalue weighted by Crippen LogP contribution is 2.19. The maximum absolute atomic E-state index is 13.7. The normalized spacial score (nSPS) is 12.1. The van der Waals surface area contributed by atoms with Crippen molar-refractivity contribution in [3.63, 3.8) is 0 Å². The van der Waals surface area contributed by atoms with E-state index in [0.717, 1.165) is 12.1 Å². The Bertz CT molecular complexity index is 576. The Balaban J connectivity index is 2.72. The number of carbonyl (C=O) groups excluding carboxylic acids is 1. The quantitative estimate of drug-likeness (QED) is 0.200. The molecule has 0 amide bonds. The van der Waals surface area contributed by atoms with Gasteiger partial charge in [0.15, 0.2) is 0 Å². The smallest absolute Gasteiger partial charge is 0.338 e. The van der Waals surface area contributed by atoms with Gasteiger partial charge in [0, 0.05) is 17.0 Å². The molecule has 1 aromatic carbocycles. The van der Waals surface area contributed by atoms with Gasteiger partial charge in [-0.3, -0.25) is 10.1 Å². The lowest BCUT2D eigenvalue weighted by Gasteiger charge is -2.21. The number of rotatable bonds is 6.